The first-order valence-corrected chi connectivity index (χ1v) is 9.88. The highest BCUT2D eigenvalue weighted by Crippen LogP contribution is 2.26. The highest BCUT2D eigenvalue weighted by molar-refractivity contribution is 5.78. The number of ether oxygens (including phenoxy) is 2. The van der Waals surface area contributed by atoms with E-state index in [1.165, 1.54) is 18.2 Å². The van der Waals surface area contributed by atoms with Gasteiger partial charge in [0.2, 0.25) is 5.91 Å². The number of nitrogens with one attached hydrogen (secondary N) is 1. The third kappa shape index (κ3) is 8.48. The van der Waals surface area contributed by atoms with Crippen LogP contribution in [0.25, 0.3) is 0 Å². The molecule has 1 heterocycles. The average Bonchev–Trinajstić information content (AvgIpc) is 2.90. The van der Waals surface area contributed by atoms with Crippen molar-refractivity contribution in [2.75, 3.05) is 39.3 Å². The Morgan fingerprint density at radius 1 is 1.13 bits per heavy atom. The van der Waals surface area contributed by atoms with E-state index in [1.54, 1.807) is 11.0 Å². The lowest BCUT2D eigenvalue weighted by Crippen LogP contribution is -2.40. The molecule has 168 valence electrons. The summed E-state index contributed by atoms with van der Waals surface area (Å²) in [7, 11) is 0. The number of amides is 2. The maximum Gasteiger partial charge on any atom is 0.573 e. The number of benzene rings is 1. The number of para-hydroxylation sites is 1. The molecule has 0 unspecified atom stereocenters. The molecule has 2 rings (SSSR count). The van der Waals surface area contributed by atoms with Crippen molar-refractivity contribution in [1.82, 2.24) is 15.1 Å². The Bertz CT molecular complexity index is 713. The van der Waals surface area contributed by atoms with Crippen LogP contribution in [0.2, 0.25) is 0 Å². The Kier molecular flexibility index (Phi) is 8.76. The lowest BCUT2D eigenvalue weighted by Gasteiger charge is -2.22. The molecular formula is C20H28F3N3O4. The third-order valence-corrected chi connectivity index (χ3v) is 4.43. The minimum absolute atomic E-state index is 0.0768. The van der Waals surface area contributed by atoms with Crippen LogP contribution in [-0.2, 0) is 16.1 Å². The van der Waals surface area contributed by atoms with E-state index in [-0.39, 0.29) is 42.3 Å². The van der Waals surface area contributed by atoms with Crippen LogP contribution in [0.1, 0.15) is 25.8 Å². The van der Waals surface area contributed by atoms with Gasteiger partial charge in [0.15, 0.2) is 0 Å². The van der Waals surface area contributed by atoms with Crippen LogP contribution >= 0.6 is 0 Å². The standard InChI is InChI=1S/C20H28F3N3O4/c1-15(2)14-29-19(28)26-9-5-8-25(10-11-26)13-18(27)24-12-16-6-3-4-7-17(16)30-20(21,22)23/h3-4,6-7,15H,5,8-14H2,1-2H3,(H,24,27). The summed E-state index contributed by atoms with van der Waals surface area (Å²) in [6.07, 6.45) is -4.45. The van der Waals surface area contributed by atoms with E-state index in [1.807, 2.05) is 18.7 Å². The predicted octanol–water partition coefficient (Wildman–Crippen LogP) is 3.00. The molecular weight excluding hydrogens is 403 g/mol. The highest BCUT2D eigenvalue weighted by atomic mass is 19.4. The normalized spacial score (nSPS) is 15.6. The molecule has 1 fully saturated rings. The van der Waals surface area contributed by atoms with Gasteiger partial charge in [0.25, 0.3) is 0 Å². The van der Waals surface area contributed by atoms with E-state index in [9.17, 15) is 22.8 Å². The molecule has 0 bridgehead atoms. The molecule has 0 aromatic heterocycles. The molecule has 0 spiro atoms. The summed E-state index contributed by atoms with van der Waals surface area (Å²) in [5.41, 5.74) is 0.234. The van der Waals surface area contributed by atoms with E-state index in [4.69, 9.17) is 4.74 Å². The van der Waals surface area contributed by atoms with E-state index in [2.05, 4.69) is 10.1 Å². The molecule has 0 atom stereocenters. The Balaban J connectivity index is 1.80. The van der Waals surface area contributed by atoms with Gasteiger partial charge in [0.1, 0.15) is 5.75 Å². The van der Waals surface area contributed by atoms with Crippen LogP contribution in [0.5, 0.6) is 5.75 Å². The van der Waals surface area contributed by atoms with Crippen molar-refractivity contribution in [3.05, 3.63) is 29.8 Å². The second-order valence-corrected chi connectivity index (χ2v) is 7.52. The fourth-order valence-electron chi connectivity index (χ4n) is 2.97. The van der Waals surface area contributed by atoms with Gasteiger partial charge < -0.3 is 19.7 Å². The van der Waals surface area contributed by atoms with Crippen LogP contribution in [0, 0.1) is 5.92 Å². The monoisotopic (exact) mass is 431 g/mol. The van der Waals surface area contributed by atoms with Crippen LogP contribution in [0.3, 0.4) is 0 Å². The fraction of sp³-hybridized carbons (Fsp3) is 0.600. The number of rotatable bonds is 7. The Labute approximate surface area is 174 Å². The summed E-state index contributed by atoms with van der Waals surface area (Å²) in [4.78, 5) is 27.9. The number of carbonyl (C=O) groups is 2. The second-order valence-electron chi connectivity index (χ2n) is 7.52. The van der Waals surface area contributed by atoms with Gasteiger partial charge in [-0.2, -0.15) is 0 Å². The Morgan fingerprint density at radius 2 is 1.87 bits per heavy atom. The van der Waals surface area contributed by atoms with Crippen molar-refractivity contribution < 1.29 is 32.2 Å². The maximum absolute atomic E-state index is 12.5. The number of halogens is 3. The summed E-state index contributed by atoms with van der Waals surface area (Å²) in [6.45, 7) is 6.45. The highest BCUT2D eigenvalue weighted by Gasteiger charge is 2.32. The van der Waals surface area contributed by atoms with Gasteiger partial charge in [-0.05, 0) is 18.4 Å². The van der Waals surface area contributed by atoms with Crippen molar-refractivity contribution >= 4 is 12.0 Å². The minimum Gasteiger partial charge on any atom is -0.449 e. The fourth-order valence-corrected chi connectivity index (χ4v) is 2.97. The SMILES string of the molecule is CC(C)COC(=O)N1CCCN(CC(=O)NCc2ccccc2OC(F)(F)F)CC1. The van der Waals surface area contributed by atoms with Gasteiger partial charge in [-0.3, -0.25) is 9.69 Å². The van der Waals surface area contributed by atoms with Crippen molar-refractivity contribution in [3.63, 3.8) is 0 Å². The molecule has 1 aromatic rings. The van der Waals surface area contributed by atoms with Gasteiger partial charge in [0, 0.05) is 38.3 Å². The van der Waals surface area contributed by atoms with E-state index >= 15 is 0 Å². The zero-order valence-corrected chi connectivity index (χ0v) is 17.2. The van der Waals surface area contributed by atoms with Gasteiger partial charge >= 0.3 is 12.5 Å². The van der Waals surface area contributed by atoms with Gasteiger partial charge in [-0.15, -0.1) is 13.2 Å². The largest absolute Gasteiger partial charge is 0.573 e. The first-order valence-electron chi connectivity index (χ1n) is 9.88. The van der Waals surface area contributed by atoms with Crippen molar-refractivity contribution in [1.29, 1.82) is 0 Å². The maximum atomic E-state index is 12.5. The molecule has 1 aliphatic rings. The smallest absolute Gasteiger partial charge is 0.449 e. The van der Waals surface area contributed by atoms with Gasteiger partial charge in [0.05, 0.1) is 13.2 Å². The van der Waals surface area contributed by atoms with Crippen LogP contribution in [-0.4, -0.2) is 67.5 Å². The summed E-state index contributed by atoms with van der Waals surface area (Å²) < 4.78 is 46.7. The first kappa shape index (κ1) is 23.8. The first-order chi connectivity index (χ1) is 14.1. The van der Waals surface area contributed by atoms with Gasteiger partial charge in [-0.1, -0.05) is 32.0 Å². The van der Waals surface area contributed by atoms with Gasteiger partial charge in [-0.25, -0.2) is 4.79 Å². The second kappa shape index (κ2) is 11.1. The zero-order valence-electron chi connectivity index (χ0n) is 17.2. The number of carbonyl (C=O) groups excluding carboxylic acids is 2. The molecule has 2 amide bonds. The molecule has 0 aliphatic carbocycles. The lowest BCUT2D eigenvalue weighted by molar-refractivity contribution is -0.274. The molecule has 1 aliphatic heterocycles. The number of alkyl halides is 3. The summed E-state index contributed by atoms with van der Waals surface area (Å²) in [5.74, 6) is -0.393. The van der Waals surface area contributed by atoms with E-state index in [0.29, 0.717) is 39.2 Å². The quantitative estimate of drug-likeness (QED) is 0.719. The number of hydrogen-bond acceptors (Lipinski definition) is 5. The minimum atomic E-state index is -4.80. The van der Waals surface area contributed by atoms with Crippen molar-refractivity contribution in [2.45, 2.75) is 33.2 Å². The zero-order chi connectivity index (χ0) is 22.1. The molecule has 0 radical (unpaired) electrons. The molecule has 30 heavy (non-hydrogen) atoms. The summed E-state index contributed by atoms with van der Waals surface area (Å²) >= 11 is 0. The Morgan fingerprint density at radius 3 is 2.57 bits per heavy atom. The summed E-state index contributed by atoms with van der Waals surface area (Å²) in [5, 5.41) is 2.63. The lowest BCUT2D eigenvalue weighted by atomic mass is 10.2. The molecule has 7 nitrogen and oxygen atoms in total. The van der Waals surface area contributed by atoms with Crippen molar-refractivity contribution in [3.8, 4) is 5.75 Å². The predicted molar refractivity (Wildman–Crippen MR) is 104 cm³/mol. The Hall–Kier alpha value is -2.49. The molecule has 0 saturated carbocycles. The number of hydrogen-bond donors (Lipinski definition) is 1. The molecule has 1 saturated heterocycles. The molecule has 1 N–H and O–H groups in total. The van der Waals surface area contributed by atoms with E-state index in [0.717, 1.165) is 0 Å². The summed E-state index contributed by atoms with van der Waals surface area (Å²) in [6, 6.07) is 5.68. The topological polar surface area (TPSA) is 71.1 Å². The number of nitrogens with zero attached hydrogens (tertiary/aromatic N) is 2. The van der Waals surface area contributed by atoms with E-state index < -0.39 is 6.36 Å². The van der Waals surface area contributed by atoms with Crippen LogP contribution in [0.4, 0.5) is 18.0 Å². The molecule has 1 aromatic carbocycles. The van der Waals surface area contributed by atoms with Crippen molar-refractivity contribution in [2.24, 2.45) is 5.92 Å². The third-order valence-electron chi connectivity index (χ3n) is 4.43. The van der Waals surface area contributed by atoms with Crippen LogP contribution < -0.4 is 10.1 Å². The van der Waals surface area contributed by atoms with Crippen LogP contribution in [0.15, 0.2) is 24.3 Å². The molecule has 10 heteroatoms. The average molecular weight is 431 g/mol.